The Morgan fingerprint density at radius 2 is 1.82 bits per heavy atom. The van der Waals surface area contributed by atoms with Gasteiger partial charge in [-0.15, -0.1) is 0 Å². The first-order valence-corrected chi connectivity index (χ1v) is 6.32. The average Bonchev–Trinajstić information content (AvgIpc) is 2.25. The molecular weight excluding hydrogens is 232 g/mol. The van der Waals surface area contributed by atoms with Gasteiger partial charge in [0.2, 0.25) is 0 Å². The fourth-order valence-corrected chi connectivity index (χ4v) is 1.65. The van der Waals surface area contributed by atoms with Crippen molar-refractivity contribution in [2.24, 2.45) is 10.9 Å². The molecule has 0 aromatic heterocycles. The summed E-state index contributed by atoms with van der Waals surface area (Å²) >= 11 is 5.85. The molecule has 2 nitrogen and oxygen atoms in total. The van der Waals surface area contributed by atoms with Crippen LogP contribution in [0.15, 0.2) is 29.3 Å². The van der Waals surface area contributed by atoms with Crippen LogP contribution >= 0.6 is 11.6 Å². The molecule has 0 aliphatic carbocycles. The van der Waals surface area contributed by atoms with Crippen LogP contribution in [-0.2, 0) is 6.54 Å². The molecule has 0 unspecified atom stereocenters. The van der Waals surface area contributed by atoms with Crippen molar-refractivity contribution in [3.8, 4) is 0 Å². The lowest BCUT2D eigenvalue weighted by atomic mass is 10.1. The zero-order chi connectivity index (χ0) is 12.8. The molecule has 0 N–H and O–H groups in total. The van der Waals surface area contributed by atoms with E-state index in [1.165, 1.54) is 5.56 Å². The van der Waals surface area contributed by atoms with Crippen LogP contribution in [0.25, 0.3) is 0 Å². The Labute approximate surface area is 109 Å². The number of amidine groups is 1. The Balaban J connectivity index is 2.68. The molecule has 94 valence electrons. The predicted molar refractivity (Wildman–Crippen MR) is 75.7 cm³/mol. The number of rotatable bonds is 4. The zero-order valence-corrected chi connectivity index (χ0v) is 11.8. The summed E-state index contributed by atoms with van der Waals surface area (Å²) < 4.78 is 0. The fraction of sp³-hybridized carbons (Fsp3) is 0.500. The van der Waals surface area contributed by atoms with Gasteiger partial charge in [-0.05, 0) is 23.6 Å². The summed E-state index contributed by atoms with van der Waals surface area (Å²) in [5.41, 5.74) is 1.19. The number of aliphatic imine (C=N–C) groups is 1. The van der Waals surface area contributed by atoms with E-state index in [2.05, 4.69) is 23.7 Å². The molecule has 0 amide bonds. The minimum Gasteiger partial charge on any atom is -0.366 e. The van der Waals surface area contributed by atoms with E-state index in [1.54, 1.807) is 0 Å². The fourth-order valence-electron chi connectivity index (χ4n) is 1.53. The first-order valence-electron chi connectivity index (χ1n) is 5.94. The van der Waals surface area contributed by atoms with Crippen LogP contribution in [-0.4, -0.2) is 24.8 Å². The Morgan fingerprint density at radius 3 is 2.29 bits per heavy atom. The second kappa shape index (κ2) is 6.65. The van der Waals surface area contributed by atoms with Crippen molar-refractivity contribution in [2.75, 3.05) is 14.1 Å². The van der Waals surface area contributed by atoms with Crippen molar-refractivity contribution in [1.29, 1.82) is 0 Å². The van der Waals surface area contributed by atoms with E-state index >= 15 is 0 Å². The first kappa shape index (κ1) is 14.0. The van der Waals surface area contributed by atoms with E-state index in [4.69, 9.17) is 11.6 Å². The molecule has 0 atom stereocenters. The molecule has 0 heterocycles. The van der Waals surface area contributed by atoms with Crippen LogP contribution in [0, 0.1) is 5.92 Å². The highest BCUT2D eigenvalue weighted by Crippen LogP contribution is 2.11. The molecule has 0 saturated carbocycles. The van der Waals surface area contributed by atoms with Crippen LogP contribution in [0.3, 0.4) is 0 Å². The Hall–Kier alpha value is -1.02. The summed E-state index contributed by atoms with van der Waals surface area (Å²) in [6, 6.07) is 7.86. The third kappa shape index (κ3) is 5.22. The molecule has 0 spiro atoms. The molecule has 1 aromatic rings. The van der Waals surface area contributed by atoms with Gasteiger partial charge in [-0.25, -0.2) is 0 Å². The van der Waals surface area contributed by atoms with Gasteiger partial charge in [-0.2, -0.15) is 0 Å². The Bertz CT molecular complexity index is 366. The molecule has 1 aromatic carbocycles. The molecule has 0 aliphatic rings. The Kier molecular flexibility index (Phi) is 5.49. The molecule has 3 heteroatoms. The van der Waals surface area contributed by atoms with Gasteiger partial charge in [0.15, 0.2) is 0 Å². The summed E-state index contributed by atoms with van der Waals surface area (Å²) in [6.07, 6.45) is 1.01. The number of hydrogen-bond acceptors (Lipinski definition) is 1. The van der Waals surface area contributed by atoms with E-state index in [0.29, 0.717) is 5.92 Å². The van der Waals surface area contributed by atoms with E-state index in [9.17, 15) is 0 Å². The molecule has 0 aliphatic heterocycles. The van der Waals surface area contributed by atoms with E-state index in [1.807, 2.05) is 38.4 Å². The second-order valence-corrected chi connectivity index (χ2v) is 5.29. The maximum atomic E-state index is 5.85. The van der Waals surface area contributed by atoms with Crippen molar-refractivity contribution >= 4 is 17.4 Å². The molecular formula is C14H21ClN2. The van der Waals surface area contributed by atoms with Gasteiger partial charge < -0.3 is 4.90 Å². The third-order valence-corrected chi connectivity index (χ3v) is 2.72. The smallest absolute Gasteiger partial charge is 0.0990 e. The lowest BCUT2D eigenvalue weighted by Crippen LogP contribution is -2.23. The van der Waals surface area contributed by atoms with E-state index < -0.39 is 0 Å². The topological polar surface area (TPSA) is 15.6 Å². The molecule has 0 saturated heterocycles. The normalized spacial score (nSPS) is 12.0. The lowest BCUT2D eigenvalue weighted by molar-refractivity contribution is 0.560. The highest BCUT2D eigenvalue weighted by atomic mass is 35.5. The maximum absolute atomic E-state index is 5.85. The van der Waals surface area contributed by atoms with Gasteiger partial charge in [0.1, 0.15) is 0 Å². The predicted octanol–water partition coefficient (Wildman–Crippen LogP) is 3.85. The molecule has 1 rings (SSSR count). The van der Waals surface area contributed by atoms with Crippen LogP contribution < -0.4 is 0 Å². The summed E-state index contributed by atoms with van der Waals surface area (Å²) in [5.74, 6) is 1.77. The quantitative estimate of drug-likeness (QED) is 0.587. The SMILES string of the molecule is CC(C)CC(=NCc1ccc(Cl)cc1)N(C)C. The second-order valence-electron chi connectivity index (χ2n) is 4.85. The van der Waals surface area contributed by atoms with Crippen LogP contribution in [0.1, 0.15) is 25.8 Å². The third-order valence-electron chi connectivity index (χ3n) is 2.46. The summed E-state index contributed by atoms with van der Waals surface area (Å²) in [5, 5.41) is 0.771. The monoisotopic (exact) mass is 252 g/mol. The highest BCUT2D eigenvalue weighted by Gasteiger charge is 2.04. The number of benzene rings is 1. The lowest BCUT2D eigenvalue weighted by Gasteiger charge is -2.17. The van der Waals surface area contributed by atoms with E-state index in [0.717, 1.165) is 23.8 Å². The Morgan fingerprint density at radius 1 is 1.24 bits per heavy atom. The summed E-state index contributed by atoms with van der Waals surface area (Å²) in [4.78, 5) is 6.76. The van der Waals surface area contributed by atoms with E-state index in [-0.39, 0.29) is 0 Å². The highest BCUT2D eigenvalue weighted by molar-refractivity contribution is 6.30. The van der Waals surface area contributed by atoms with Gasteiger partial charge in [-0.3, -0.25) is 4.99 Å². The molecule has 17 heavy (non-hydrogen) atoms. The van der Waals surface area contributed by atoms with Crippen molar-refractivity contribution < 1.29 is 0 Å². The maximum Gasteiger partial charge on any atom is 0.0990 e. The average molecular weight is 253 g/mol. The number of halogens is 1. The first-order chi connectivity index (χ1) is 7.99. The summed E-state index contributed by atoms with van der Waals surface area (Å²) in [7, 11) is 4.09. The van der Waals surface area contributed by atoms with Crippen molar-refractivity contribution in [2.45, 2.75) is 26.8 Å². The van der Waals surface area contributed by atoms with Crippen LogP contribution in [0.2, 0.25) is 5.02 Å². The van der Waals surface area contributed by atoms with Crippen molar-refractivity contribution in [3.63, 3.8) is 0 Å². The number of nitrogens with zero attached hydrogens (tertiary/aromatic N) is 2. The van der Waals surface area contributed by atoms with Crippen LogP contribution in [0.5, 0.6) is 0 Å². The molecule has 0 bridgehead atoms. The standard InChI is InChI=1S/C14H21ClN2/c1-11(2)9-14(17(3)4)16-10-12-5-7-13(15)8-6-12/h5-8,11H,9-10H2,1-4H3. The largest absolute Gasteiger partial charge is 0.366 e. The van der Waals surface area contributed by atoms with Crippen molar-refractivity contribution in [1.82, 2.24) is 4.90 Å². The van der Waals surface area contributed by atoms with Crippen LogP contribution in [0.4, 0.5) is 0 Å². The summed E-state index contributed by atoms with van der Waals surface area (Å²) in [6.45, 7) is 5.14. The van der Waals surface area contributed by atoms with Gasteiger partial charge >= 0.3 is 0 Å². The number of hydrogen-bond donors (Lipinski definition) is 0. The van der Waals surface area contributed by atoms with Gasteiger partial charge in [-0.1, -0.05) is 37.6 Å². The zero-order valence-electron chi connectivity index (χ0n) is 11.1. The van der Waals surface area contributed by atoms with Gasteiger partial charge in [0.05, 0.1) is 12.4 Å². The minimum absolute atomic E-state index is 0.626. The molecule has 0 fully saturated rings. The van der Waals surface area contributed by atoms with Crippen molar-refractivity contribution in [3.05, 3.63) is 34.9 Å². The van der Waals surface area contributed by atoms with Gasteiger partial charge in [0, 0.05) is 25.5 Å². The minimum atomic E-state index is 0.626. The molecule has 0 radical (unpaired) electrons. The van der Waals surface area contributed by atoms with Gasteiger partial charge in [0.25, 0.3) is 0 Å².